The number of ether oxygens (including phenoxy) is 1. The van der Waals surface area contributed by atoms with Crippen LogP contribution in [0, 0.1) is 6.92 Å². The Morgan fingerprint density at radius 1 is 1.42 bits per heavy atom. The molecule has 1 heterocycles. The predicted molar refractivity (Wildman–Crippen MR) is 70.4 cm³/mol. The van der Waals surface area contributed by atoms with E-state index >= 15 is 0 Å². The van der Waals surface area contributed by atoms with Crippen molar-refractivity contribution in [2.24, 2.45) is 0 Å². The highest BCUT2D eigenvalue weighted by molar-refractivity contribution is 7.91. The Kier molecular flexibility index (Phi) is 4.88. The highest BCUT2D eigenvalue weighted by Crippen LogP contribution is 2.17. The maximum atomic E-state index is 11.6. The molecule has 19 heavy (non-hydrogen) atoms. The van der Waals surface area contributed by atoms with Gasteiger partial charge in [0.1, 0.15) is 6.61 Å². The zero-order valence-corrected chi connectivity index (χ0v) is 11.9. The molecule has 7 heteroatoms. The summed E-state index contributed by atoms with van der Waals surface area (Å²) in [4.78, 5) is 14.8. The van der Waals surface area contributed by atoms with Gasteiger partial charge < -0.3 is 9.84 Å². The number of aromatic nitrogens is 1. The lowest BCUT2D eigenvalue weighted by molar-refractivity contribution is 0.0685. The number of nitrogens with zero attached hydrogens (tertiary/aromatic N) is 1. The third-order valence-electron chi connectivity index (χ3n) is 2.54. The van der Waals surface area contributed by atoms with E-state index in [1.807, 2.05) is 0 Å². The Labute approximate surface area is 112 Å². The van der Waals surface area contributed by atoms with E-state index in [2.05, 4.69) is 4.98 Å². The third-order valence-corrected chi connectivity index (χ3v) is 4.72. The summed E-state index contributed by atoms with van der Waals surface area (Å²) < 4.78 is 28.4. The number of hydrogen-bond donors (Lipinski definition) is 1. The van der Waals surface area contributed by atoms with E-state index in [9.17, 15) is 13.2 Å². The maximum absolute atomic E-state index is 11.6. The number of aromatic carboxylic acids is 1. The molecule has 0 aliphatic rings. The fourth-order valence-electron chi connectivity index (χ4n) is 1.32. The van der Waals surface area contributed by atoms with Crippen molar-refractivity contribution in [2.45, 2.75) is 26.0 Å². The van der Waals surface area contributed by atoms with Crippen LogP contribution in [0.5, 0.6) is 5.75 Å². The molecule has 0 aromatic carbocycles. The SMILES string of the molecule is Cc1ccc(OCCS(=O)(=O)C(C)C)c(C(=O)O)n1. The van der Waals surface area contributed by atoms with Crippen molar-refractivity contribution < 1.29 is 23.1 Å². The molecule has 0 saturated heterocycles. The lowest BCUT2D eigenvalue weighted by Gasteiger charge is -2.11. The number of carboxylic acid groups (broad SMARTS) is 1. The van der Waals surface area contributed by atoms with Gasteiger partial charge in [-0.05, 0) is 32.9 Å². The second kappa shape index (κ2) is 6.01. The molecule has 0 atom stereocenters. The second-order valence-electron chi connectivity index (χ2n) is 4.37. The van der Waals surface area contributed by atoms with Crippen molar-refractivity contribution in [2.75, 3.05) is 12.4 Å². The number of aryl methyl sites for hydroxylation is 1. The molecule has 1 aromatic rings. The summed E-state index contributed by atoms with van der Waals surface area (Å²) >= 11 is 0. The summed E-state index contributed by atoms with van der Waals surface area (Å²) in [5.74, 6) is -1.28. The number of carbonyl (C=O) groups is 1. The molecule has 1 rings (SSSR count). The summed E-state index contributed by atoms with van der Waals surface area (Å²) in [6, 6.07) is 3.09. The largest absolute Gasteiger partial charge is 0.490 e. The molecular formula is C12H17NO5S. The average Bonchev–Trinajstić information content (AvgIpc) is 2.30. The Morgan fingerprint density at radius 3 is 2.58 bits per heavy atom. The van der Waals surface area contributed by atoms with Crippen LogP contribution in [-0.2, 0) is 9.84 Å². The lowest BCUT2D eigenvalue weighted by atomic mass is 10.3. The van der Waals surface area contributed by atoms with E-state index in [1.54, 1.807) is 26.8 Å². The molecule has 6 nitrogen and oxygen atoms in total. The zero-order valence-electron chi connectivity index (χ0n) is 11.1. The number of carboxylic acids is 1. The van der Waals surface area contributed by atoms with Crippen LogP contribution in [0.2, 0.25) is 0 Å². The first kappa shape index (κ1) is 15.4. The van der Waals surface area contributed by atoms with Crippen LogP contribution < -0.4 is 4.74 Å². The second-order valence-corrected chi connectivity index (χ2v) is 7.05. The standard InChI is InChI=1S/C12H17NO5S/c1-8(2)19(16,17)7-6-18-10-5-4-9(3)13-11(10)12(14)15/h4-5,8H,6-7H2,1-3H3,(H,14,15). The van der Waals surface area contributed by atoms with E-state index in [4.69, 9.17) is 9.84 Å². The van der Waals surface area contributed by atoms with E-state index in [1.165, 1.54) is 6.07 Å². The molecule has 0 aliphatic heterocycles. The molecule has 0 radical (unpaired) electrons. The smallest absolute Gasteiger partial charge is 0.358 e. The van der Waals surface area contributed by atoms with Crippen LogP contribution in [0.25, 0.3) is 0 Å². The van der Waals surface area contributed by atoms with Gasteiger partial charge in [-0.25, -0.2) is 18.2 Å². The van der Waals surface area contributed by atoms with Gasteiger partial charge >= 0.3 is 5.97 Å². The van der Waals surface area contributed by atoms with Crippen LogP contribution in [0.3, 0.4) is 0 Å². The van der Waals surface area contributed by atoms with Crippen molar-refractivity contribution >= 4 is 15.8 Å². The topological polar surface area (TPSA) is 93.6 Å². The molecule has 0 amide bonds. The van der Waals surface area contributed by atoms with Gasteiger partial charge in [0.05, 0.1) is 11.0 Å². The van der Waals surface area contributed by atoms with Crippen LogP contribution in [-0.4, -0.2) is 42.1 Å². The zero-order chi connectivity index (χ0) is 14.6. The summed E-state index contributed by atoms with van der Waals surface area (Å²) in [6.07, 6.45) is 0. The minimum absolute atomic E-state index is 0.0806. The minimum Gasteiger partial charge on any atom is -0.490 e. The maximum Gasteiger partial charge on any atom is 0.358 e. The minimum atomic E-state index is -3.20. The van der Waals surface area contributed by atoms with Crippen molar-refractivity contribution in [1.82, 2.24) is 4.98 Å². The molecule has 0 fully saturated rings. The van der Waals surface area contributed by atoms with Crippen molar-refractivity contribution in [3.63, 3.8) is 0 Å². The van der Waals surface area contributed by atoms with Gasteiger partial charge in [-0.2, -0.15) is 0 Å². The number of sulfone groups is 1. The van der Waals surface area contributed by atoms with Crippen LogP contribution in [0.15, 0.2) is 12.1 Å². The van der Waals surface area contributed by atoms with Gasteiger partial charge in [-0.15, -0.1) is 0 Å². The fraction of sp³-hybridized carbons (Fsp3) is 0.500. The van der Waals surface area contributed by atoms with Crippen LogP contribution in [0.4, 0.5) is 0 Å². The molecule has 0 saturated carbocycles. The summed E-state index contributed by atoms with van der Waals surface area (Å²) in [6.45, 7) is 4.75. The third kappa shape index (κ3) is 4.20. The van der Waals surface area contributed by atoms with Gasteiger partial charge in [0.25, 0.3) is 0 Å². The Morgan fingerprint density at radius 2 is 2.05 bits per heavy atom. The highest BCUT2D eigenvalue weighted by atomic mass is 32.2. The van der Waals surface area contributed by atoms with Crippen molar-refractivity contribution in [3.8, 4) is 5.75 Å². The van der Waals surface area contributed by atoms with E-state index in [0.29, 0.717) is 5.69 Å². The molecule has 1 N–H and O–H groups in total. The molecule has 0 spiro atoms. The Hall–Kier alpha value is -1.63. The van der Waals surface area contributed by atoms with Crippen LogP contribution >= 0.6 is 0 Å². The van der Waals surface area contributed by atoms with Gasteiger partial charge in [-0.1, -0.05) is 0 Å². The molecule has 0 unspecified atom stereocenters. The summed E-state index contributed by atoms with van der Waals surface area (Å²) in [5, 5.41) is 8.50. The fourth-order valence-corrected chi connectivity index (χ4v) is 2.10. The molecule has 1 aromatic heterocycles. The summed E-state index contributed by atoms with van der Waals surface area (Å²) in [5.41, 5.74) is 0.349. The molecule has 106 valence electrons. The highest BCUT2D eigenvalue weighted by Gasteiger charge is 2.18. The predicted octanol–water partition coefficient (Wildman–Crippen LogP) is 1.29. The molecule has 0 aliphatic carbocycles. The molecule has 0 bridgehead atoms. The first-order valence-electron chi connectivity index (χ1n) is 5.79. The number of pyridine rings is 1. The van der Waals surface area contributed by atoms with Gasteiger partial charge in [0.2, 0.25) is 0 Å². The first-order chi connectivity index (χ1) is 8.74. The van der Waals surface area contributed by atoms with Gasteiger partial charge in [0, 0.05) is 5.69 Å². The van der Waals surface area contributed by atoms with E-state index < -0.39 is 21.1 Å². The first-order valence-corrected chi connectivity index (χ1v) is 7.51. The van der Waals surface area contributed by atoms with Gasteiger partial charge in [0.15, 0.2) is 21.3 Å². The monoisotopic (exact) mass is 287 g/mol. The number of rotatable bonds is 6. The van der Waals surface area contributed by atoms with Crippen molar-refractivity contribution in [1.29, 1.82) is 0 Å². The normalized spacial score (nSPS) is 11.6. The number of hydrogen-bond acceptors (Lipinski definition) is 5. The van der Waals surface area contributed by atoms with Gasteiger partial charge in [-0.3, -0.25) is 0 Å². The van der Waals surface area contributed by atoms with E-state index in [-0.39, 0.29) is 23.8 Å². The summed E-state index contributed by atoms with van der Waals surface area (Å²) in [7, 11) is -3.20. The lowest BCUT2D eigenvalue weighted by Crippen LogP contribution is -2.22. The average molecular weight is 287 g/mol. The molecular weight excluding hydrogens is 270 g/mol. The Balaban J connectivity index is 2.77. The van der Waals surface area contributed by atoms with Crippen molar-refractivity contribution in [3.05, 3.63) is 23.5 Å². The van der Waals surface area contributed by atoms with Crippen LogP contribution in [0.1, 0.15) is 30.0 Å². The van der Waals surface area contributed by atoms with E-state index in [0.717, 1.165) is 0 Å². The Bertz CT molecular complexity index is 565. The quantitative estimate of drug-likeness (QED) is 0.847.